The van der Waals surface area contributed by atoms with Crippen molar-refractivity contribution in [3.8, 4) is 5.75 Å². The zero-order valence-corrected chi connectivity index (χ0v) is 26.6. The van der Waals surface area contributed by atoms with Gasteiger partial charge in [-0.25, -0.2) is 9.18 Å². The van der Waals surface area contributed by atoms with Gasteiger partial charge in [-0.3, -0.25) is 18.8 Å². The number of nitrogens with two attached hydrogens (primary N) is 1. The summed E-state index contributed by atoms with van der Waals surface area (Å²) in [6.45, 7) is 1.48. The number of hydrogen-bond acceptors (Lipinski definition) is 6. The fourth-order valence-corrected chi connectivity index (χ4v) is 6.14. The summed E-state index contributed by atoms with van der Waals surface area (Å²) >= 11 is 0. The highest BCUT2D eigenvalue weighted by Crippen LogP contribution is 2.34. The van der Waals surface area contributed by atoms with Crippen molar-refractivity contribution in [1.29, 1.82) is 0 Å². The van der Waals surface area contributed by atoms with Crippen molar-refractivity contribution < 1.29 is 35.5 Å². The van der Waals surface area contributed by atoms with Gasteiger partial charge in [0.25, 0.3) is 5.56 Å². The maximum absolute atomic E-state index is 15.0. The summed E-state index contributed by atoms with van der Waals surface area (Å²) in [5, 5.41) is 0. The van der Waals surface area contributed by atoms with Crippen LogP contribution in [0.2, 0.25) is 0 Å². The molecule has 1 aliphatic heterocycles. The second-order valence-electron chi connectivity index (χ2n) is 11.8. The maximum atomic E-state index is 15.0. The van der Waals surface area contributed by atoms with Crippen molar-refractivity contribution in [2.75, 3.05) is 38.2 Å². The number of alkyl halides is 6. The van der Waals surface area contributed by atoms with Gasteiger partial charge in [0, 0.05) is 49.5 Å². The Labute approximate surface area is 276 Å². The highest BCUT2D eigenvalue weighted by Gasteiger charge is 2.35. The molecule has 2 heterocycles. The van der Waals surface area contributed by atoms with Gasteiger partial charge in [-0.05, 0) is 36.8 Å². The number of rotatable bonds is 9. The Morgan fingerprint density at radius 1 is 0.837 bits per heavy atom. The first-order valence-corrected chi connectivity index (χ1v) is 15.3. The van der Waals surface area contributed by atoms with E-state index in [-0.39, 0.29) is 37.6 Å². The van der Waals surface area contributed by atoms with Crippen molar-refractivity contribution >= 4 is 5.69 Å². The average Bonchev–Trinajstić information content (AvgIpc) is 3.05. The van der Waals surface area contributed by atoms with E-state index in [0.717, 1.165) is 39.5 Å². The van der Waals surface area contributed by atoms with Gasteiger partial charge in [-0.2, -0.15) is 26.3 Å². The molecule has 0 bridgehead atoms. The van der Waals surface area contributed by atoms with Crippen LogP contribution in [-0.2, 0) is 32.0 Å². The predicted molar refractivity (Wildman–Crippen MR) is 169 cm³/mol. The molecule has 1 atom stereocenters. The summed E-state index contributed by atoms with van der Waals surface area (Å²) < 4.78 is 104. The van der Waals surface area contributed by atoms with Gasteiger partial charge in [0.1, 0.15) is 17.3 Å². The molecule has 8 nitrogen and oxygen atoms in total. The molecule has 0 unspecified atom stereocenters. The van der Waals surface area contributed by atoms with Gasteiger partial charge in [0.15, 0.2) is 0 Å². The fraction of sp³-hybridized carbons (Fsp3) is 0.353. The van der Waals surface area contributed by atoms with Crippen LogP contribution in [0.1, 0.15) is 39.6 Å². The van der Waals surface area contributed by atoms with Crippen LogP contribution in [0, 0.1) is 12.7 Å². The van der Waals surface area contributed by atoms with Crippen LogP contribution >= 0.6 is 0 Å². The van der Waals surface area contributed by atoms with Gasteiger partial charge in [0.05, 0.1) is 37.4 Å². The summed E-state index contributed by atoms with van der Waals surface area (Å²) in [4.78, 5) is 31.6. The Morgan fingerprint density at radius 2 is 1.51 bits per heavy atom. The number of para-hydroxylation sites is 1. The lowest BCUT2D eigenvalue weighted by molar-refractivity contribution is -0.139. The lowest BCUT2D eigenvalue weighted by atomic mass is 10.1. The Bertz CT molecular complexity index is 1930. The van der Waals surface area contributed by atoms with Gasteiger partial charge in [-0.1, -0.05) is 42.5 Å². The minimum Gasteiger partial charge on any atom is -0.496 e. The molecule has 0 spiro atoms. The smallest absolute Gasteiger partial charge is 0.416 e. The summed E-state index contributed by atoms with van der Waals surface area (Å²) in [5.41, 5.74) is 2.93. The standard InChI is InChI=1S/C34H34F7N5O3/c1-21-30(44-15-13-43(14-16-44)18-22-7-5-8-23(17-22)33(36,37)38)31(47)46(20-28(42)24-9-3-4-12-29(24)49-2)32(48)45(21)19-25-26(34(39,40)41)10-6-11-27(25)35/h3-12,17,28H,13-16,18-20,42H2,1-2H3/t28-/m0/s1. The third-order valence-corrected chi connectivity index (χ3v) is 8.66. The van der Waals surface area contributed by atoms with Crippen molar-refractivity contribution in [2.45, 2.75) is 45.0 Å². The Morgan fingerprint density at radius 3 is 2.16 bits per heavy atom. The minimum atomic E-state index is -4.92. The molecule has 1 aliphatic rings. The van der Waals surface area contributed by atoms with Crippen molar-refractivity contribution in [2.24, 2.45) is 5.73 Å². The molecule has 15 heteroatoms. The van der Waals surface area contributed by atoms with E-state index in [1.807, 2.05) is 4.90 Å². The quantitative estimate of drug-likeness (QED) is 0.231. The Hall–Kier alpha value is -4.63. The number of anilines is 1. The molecule has 2 N–H and O–H groups in total. The van der Waals surface area contributed by atoms with Crippen molar-refractivity contribution in [3.05, 3.63) is 127 Å². The van der Waals surface area contributed by atoms with E-state index in [2.05, 4.69) is 0 Å². The lowest BCUT2D eigenvalue weighted by Gasteiger charge is -2.37. The lowest BCUT2D eigenvalue weighted by Crippen LogP contribution is -2.51. The van der Waals surface area contributed by atoms with Gasteiger partial charge >= 0.3 is 18.0 Å². The topological polar surface area (TPSA) is 85.7 Å². The van der Waals surface area contributed by atoms with Gasteiger partial charge in [0.2, 0.25) is 0 Å². The van der Waals surface area contributed by atoms with E-state index in [1.54, 1.807) is 35.2 Å². The predicted octanol–water partition coefficient (Wildman–Crippen LogP) is 5.57. The number of methoxy groups -OCH3 is 1. The van der Waals surface area contributed by atoms with Crippen LogP contribution in [-0.4, -0.2) is 47.3 Å². The number of nitrogens with zero attached hydrogens (tertiary/aromatic N) is 4. The molecular weight excluding hydrogens is 659 g/mol. The molecule has 3 aromatic carbocycles. The second-order valence-corrected chi connectivity index (χ2v) is 11.8. The molecule has 0 saturated carbocycles. The summed E-state index contributed by atoms with van der Waals surface area (Å²) in [6.07, 6.45) is -9.42. The molecule has 0 amide bonds. The molecule has 262 valence electrons. The van der Waals surface area contributed by atoms with Crippen LogP contribution in [0.4, 0.5) is 36.4 Å². The molecule has 0 radical (unpaired) electrons. The number of piperazine rings is 1. The zero-order valence-electron chi connectivity index (χ0n) is 26.6. The molecule has 1 saturated heterocycles. The molecule has 1 fully saturated rings. The normalized spacial score (nSPS) is 15.0. The van der Waals surface area contributed by atoms with Crippen molar-refractivity contribution in [1.82, 2.24) is 14.0 Å². The van der Waals surface area contributed by atoms with Crippen LogP contribution in [0.25, 0.3) is 0 Å². The number of benzene rings is 3. The molecule has 0 aliphatic carbocycles. The highest BCUT2D eigenvalue weighted by atomic mass is 19.4. The van der Waals surface area contributed by atoms with Gasteiger partial charge in [-0.15, -0.1) is 0 Å². The number of aromatic nitrogens is 2. The Balaban J connectivity index is 1.53. The van der Waals surface area contributed by atoms with Gasteiger partial charge < -0.3 is 15.4 Å². The van der Waals surface area contributed by atoms with E-state index in [0.29, 0.717) is 30.0 Å². The largest absolute Gasteiger partial charge is 0.496 e. The summed E-state index contributed by atoms with van der Waals surface area (Å²) in [7, 11) is 1.42. The average molecular weight is 694 g/mol. The van der Waals surface area contributed by atoms with E-state index < -0.39 is 58.7 Å². The molecule has 4 aromatic rings. The first kappa shape index (κ1) is 35.7. The monoisotopic (exact) mass is 693 g/mol. The summed E-state index contributed by atoms with van der Waals surface area (Å²) in [5.74, 6) is -0.775. The molecule has 5 rings (SSSR count). The first-order chi connectivity index (χ1) is 23.1. The number of ether oxygens (including phenoxy) is 1. The first-order valence-electron chi connectivity index (χ1n) is 15.3. The third kappa shape index (κ3) is 7.67. The summed E-state index contributed by atoms with van der Waals surface area (Å²) in [6, 6.07) is 13.2. The van der Waals surface area contributed by atoms with Crippen LogP contribution in [0.5, 0.6) is 5.75 Å². The van der Waals surface area contributed by atoms with E-state index >= 15 is 0 Å². The van der Waals surface area contributed by atoms with E-state index in [1.165, 1.54) is 20.1 Å². The van der Waals surface area contributed by atoms with Crippen molar-refractivity contribution in [3.63, 3.8) is 0 Å². The highest BCUT2D eigenvalue weighted by molar-refractivity contribution is 5.50. The van der Waals surface area contributed by atoms with Crippen LogP contribution in [0.3, 0.4) is 0 Å². The SMILES string of the molecule is COc1ccccc1[C@@H](N)Cn1c(=O)c(N2CCN(Cc3cccc(C(F)(F)F)c3)CC2)c(C)n(Cc2c(F)cccc2C(F)(F)F)c1=O. The molecular formula is C34H34F7N5O3. The number of halogens is 7. The van der Waals surface area contributed by atoms with E-state index in [9.17, 15) is 40.3 Å². The maximum Gasteiger partial charge on any atom is 0.416 e. The third-order valence-electron chi connectivity index (χ3n) is 8.66. The Kier molecular flexibility index (Phi) is 10.2. The second kappa shape index (κ2) is 14.1. The van der Waals surface area contributed by atoms with Crippen LogP contribution in [0.15, 0.2) is 76.3 Å². The number of hydrogen-bond donors (Lipinski definition) is 1. The van der Waals surface area contributed by atoms with Crippen LogP contribution < -0.4 is 26.6 Å². The fourth-order valence-electron chi connectivity index (χ4n) is 6.14. The molecule has 1 aromatic heterocycles. The van der Waals surface area contributed by atoms with E-state index in [4.69, 9.17) is 10.5 Å². The zero-order chi connectivity index (χ0) is 35.7. The molecule has 49 heavy (non-hydrogen) atoms. The minimum absolute atomic E-state index is 0.0236.